The number of ketones is 1. The molecule has 1 aliphatic rings. The second-order valence-corrected chi connectivity index (χ2v) is 12.4. The molecule has 1 amide bonds. The highest BCUT2D eigenvalue weighted by Crippen LogP contribution is 2.47. The van der Waals surface area contributed by atoms with E-state index in [1.165, 1.54) is 27.4 Å². The number of aromatic hydroxyl groups is 2. The number of phenolic OH excluding ortho intramolecular Hbond substituents is 2. The van der Waals surface area contributed by atoms with Crippen molar-refractivity contribution < 1.29 is 43.5 Å². The van der Waals surface area contributed by atoms with Crippen LogP contribution in [0.3, 0.4) is 0 Å². The summed E-state index contributed by atoms with van der Waals surface area (Å²) in [6, 6.07) is 10.2. The molecule has 0 radical (unpaired) electrons. The standard InChI is InChI=1S/C38H44N4O9/c1-23-11-10-14-26(43)13-7-5-6-12-24-19-28(44)35(36(46)34(24)38(47)51-23)27(25-20-29(48-2)37(50-4)30(21-25)49-3)22-33(45)39-17-16-32-41-40-31-15-8-9-18-42(31)32/h6,8-9,12,15,18-21,23,27,44,46H,5,7,10-11,13-14,16-17,22H2,1-4H3,(H,39,45)/t23-,27?/m0/s1. The molecule has 0 bridgehead atoms. The van der Waals surface area contributed by atoms with E-state index in [1.807, 2.05) is 28.8 Å². The predicted molar refractivity (Wildman–Crippen MR) is 189 cm³/mol. The highest BCUT2D eigenvalue weighted by Gasteiger charge is 2.32. The normalized spacial score (nSPS) is 16.1. The SMILES string of the molecule is COc1cc(C(CC(=O)NCCc2nnc3ccccn23)c2c(O)cc3c(c2O)C(=O)O[C@@H](C)CCCC(=O)CCCC=C3)cc(OC)c1OC. The number of nitrogens with one attached hydrogen (secondary N) is 1. The molecule has 0 aliphatic carbocycles. The molecule has 270 valence electrons. The molecule has 3 heterocycles. The van der Waals surface area contributed by atoms with Gasteiger partial charge in [-0.1, -0.05) is 18.2 Å². The van der Waals surface area contributed by atoms with Crippen LogP contribution in [0.15, 0.2) is 48.7 Å². The Labute approximate surface area is 296 Å². The van der Waals surface area contributed by atoms with Crippen LogP contribution < -0.4 is 19.5 Å². The van der Waals surface area contributed by atoms with Gasteiger partial charge in [-0.2, -0.15) is 0 Å². The van der Waals surface area contributed by atoms with Crippen LogP contribution in [-0.4, -0.2) is 76.4 Å². The van der Waals surface area contributed by atoms with Gasteiger partial charge < -0.3 is 34.5 Å². The number of ether oxygens (including phenoxy) is 4. The summed E-state index contributed by atoms with van der Waals surface area (Å²) >= 11 is 0. The number of aromatic nitrogens is 3. The maximum atomic E-state index is 13.7. The maximum absolute atomic E-state index is 13.7. The number of benzene rings is 2. The van der Waals surface area contributed by atoms with Crippen molar-refractivity contribution in [2.75, 3.05) is 27.9 Å². The lowest BCUT2D eigenvalue weighted by Crippen LogP contribution is -2.28. The van der Waals surface area contributed by atoms with E-state index in [4.69, 9.17) is 18.9 Å². The first-order chi connectivity index (χ1) is 24.6. The Morgan fingerprint density at radius 2 is 1.78 bits per heavy atom. The third-order valence-corrected chi connectivity index (χ3v) is 8.93. The highest BCUT2D eigenvalue weighted by atomic mass is 16.5. The maximum Gasteiger partial charge on any atom is 0.342 e. The molecule has 1 unspecified atom stereocenters. The van der Waals surface area contributed by atoms with E-state index in [2.05, 4.69) is 15.5 Å². The molecular formula is C38H44N4O9. The van der Waals surface area contributed by atoms with Crippen molar-refractivity contribution in [3.05, 3.63) is 76.7 Å². The van der Waals surface area contributed by atoms with Crippen molar-refractivity contribution in [1.82, 2.24) is 19.9 Å². The van der Waals surface area contributed by atoms with Crippen molar-refractivity contribution in [2.24, 2.45) is 0 Å². The Kier molecular flexibility index (Phi) is 12.1. The number of fused-ring (bicyclic) bond motifs is 2. The number of cyclic esters (lactones) is 1. The van der Waals surface area contributed by atoms with E-state index < -0.39 is 29.6 Å². The number of hydrogen-bond acceptors (Lipinski definition) is 11. The monoisotopic (exact) mass is 700 g/mol. The molecule has 4 aromatic rings. The molecule has 1 aliphatic heterocycles. The summed E-state index contributed by atoms with van der Waals surface area (Å²) in [5.74, 6) is -1.31. The molecular weight excluding hydrogens is 656 g/mol. The molecule has 13 nitrogen and oxygen atoms in total. The summed E-state index contributed by atoms with van der Waals surface area (Å²) in [7, 11) is 4.38. The average Bonchev–Trinajstić information content (AvgIpc) is 3.52. The zero-order valence-corrected chi connectivity index (χ0v) is 29.3. The summed E-state index contributed by atoms with van der Waals surface area (Å²) in [6.45, 7) is 1.97. The van der Waals surface area contributed by atoms with Gasteiger partial charge in [-0.25, -0.2) is 4.79 Å². The van der Waals surface area contributed by atoms with Crippen LogP contribution in [0.5, 0.6) is 28.7 Å². The Bertz CT molecular complexity index is 1890. The molecule has 5 rings (SSSR count). The number of amides is 1. The fourth-order valence-electron chi connectivity index (χ4n) is 6.34. The van der Waals surface area contributed by atoms with Gasteiger partial charge in [-0.3, -0.25) is 14.0 Å². The van der Waals surface area contributed by atoms with Crippen molar-refractivity contribution in [3.8, 4) is 28.7 Å². The third-order valence-electron chi connectivity index (χ3n) is 8.93. The number of methoxy groups -OCH3 is 3. The minimum Gasteiger partial charge on any atom is -0.507 e. The number of nitrogens with zero attached hydrogens (tertiary/aromatic N) is 3. The second-order valence-electron chi connectivity index (χ2n) is 12.4. The average molecular weight is 701 g/mol. The quantitative estimate of drug-likeness (QED) is 0.178. The smallest absolute Gasteiger partial charge is 0.342 e. The van der Waals surface area contributed by atoms with Crippen molar-refractivity contribution in [2.45, 2.75) is 70.3 Å². The molecule has 0 saturated heterocycles. The van der Waals surface area contributed by atoms with Crippen LogP contribution in [0, 0.1) is 0 Å². The largest absolute Gasteiger partial charge is 0.507 e. The minimum atomic E-state index is -0.994. The highest BCUT2D eigenvalue weighted by molar-refractivity contribution is 5.98. The number of allylic oxidation sites excluding steroid dienone is 1. The summed E-state index contributed by atoms with van der Waals surface area (Å²) in [6.07, 6.45) is 7.92. The van der Waals surface area contributed by atoms with Gasteiger partial charge in [0, 0.05) is 49.9 Å². The van der Waals surface area contributed by atoms with Gasteiger partial charge in [0.2, 0.25) is 11.7 Å². The number of pyridine rings is 1. The van der Waals surface area contributed by atoms with Crippen LogP contribution in [0.1, 0.15) is 90.7 Å². The van der Waals surface area contributed by atoms with Gasteiger partial charge in [0.05, 0.1) is 27.4 Å². The lowest BCUT2D eigenvalue weighted by Gasteiger charge is -2.24. The third kappa shape index (κ3) is 8.59. The van der Waals surface area contributed by atoms with Crippen LogP contribution in [0.4, 0.5) is 0 Å². The number of Topliss-reactive ketones (excluding diaryl/α,β-unsaturated/α-hetero) is 1. The summed E-state index contributed by atoms with van der Waals surface area (Å²) in [5, 5.41) is 34.8. The fourth-order valence-corrected chi connectivity index (χ4v) is 6.34. The van der Waals surface area contributed by atoms with Gasteiger partial charge in [0.15, 0.2) is 17.1 Å². The predicted octanol–water partition coefficient (Wildman–Crippen LogP) is 5.53. The molecule has 2 aromatic heterocycles. The lowest BCUT2D eigenvalue weighted by molar-refractivity contribution is -0.121. The second kappa shape index (κ2) is 16.9. The number of phenols is 2. The number of rotatable bonds is 10. The molecule has 0 spiro atoms. The van der Waals surface area contributed by atoms with Gasteiger partial charge >= 0.3 is 5.97 Å². The molecule has 3 N–H and O–H groups in total. The van der Waals surface area contributed by atoms with Crippen molar-refractivity contribution in [3.63, 3.8) is 0 Å². The van der Waals surface area contributed by atoms with Crippen molar-refractivity contribution in [1.29, 1.82) is 0 Å². The molecule has 13 heteroatoms. The van der Waals surface area contributed by atoms with Crippen LogP contribution in [0.2, 0.25) is 0 Å². The fraction of sp³-hybridized carbons (Fsp3) is 0.395. The molecule has 0 fully saturated rings. The Morgan fingerprint density at radius 3 is 2.51 bits per heavy atom. The first kappa shape index (κ1) is 36.7. The van der Waals surface area contributed by atoms with E-state index in [0.29, 0.717) is 79.2 Å². The van der Waals surface area contributed by atoms with Crippen LogP contribution in [0.25, 0.3) is 11.7 Å². The Balaban J connectivity index is 1.55. The minimum absolute atomic E-state index is 0.0497. The molecule has 2 aromatic carbocycles. The van der Waals surface area contributed by atoms with Crippen LogP contribution >= 0.6 is 0 Å². The Morgan fingerprint density at radius 1 is 1.04 bits per heavy atom. The molecule has 0 saturated carbocycles. The molecule has 2 atom stereocenters. The molecule has 51 heavy (non-hydrogen) atoms. The van der Waals surface area contributed by atoms with E-state index in [1.54, 1.807) is 31.2 Å². The van der Waals surface area contributed by atoms with E-state index in [-0.39, 0.29) is 41.2 Å². The lowest BCUT2D eigenvalue weighted by atomic mass is 9.84. The summed E-state index contributed by atoms with van der Waals surface area (Å²) in [4.78, 5) is 39.6. The number of carbonyl (C=O) groups is 3. The van der Waals surface area contributed by atoms with Crippen LogP contribution in [-0.2, 0) is 20.7 Å². The summed E-state index contributed by atoms with van der Waals surface area (Å²) < 4.78 is 24.3. The first-order valence-corrected chi connectivity index (χ1v) is 17.0. The number of esters is 1. The van der Waals surface area contributed by atoms with Gasteiger partial charge in [-0.15, -0.1) is 10.2 Å². The number of hydrogen-bond donors (Lipinski definition) is 3. The number of carbonyl (C=O) groups excluding carboxylic acids is 3. The van der Waals surface area contributed by atoms with Gasteiger partial charge in [-0.05, 0) is 74.1 Å². The van der Waals surface area contributed by atoms with E-state index in [9.17, 15) is 24.6 Å². The van der Waals surface area contributed by atoms with Gasteiger partial charge in [0.25, 0.3) is 0 Å². The van der Waals surface area contributed by atoms with Crippen molar-refractivity contribution >= 4 is 29.4 Å². The van der Waals surface area contributed by atoms with E-state index >= 15 is 0 Å². The van der Waals surface area contributed by atoms with E-state index in [0.717, 1.165) is 0 Å². The zero-order chi connectivity index (χ0) is 36.5. The topological polar surface area (TPSA) is 171 Å². The van der Waals surface area contributed by atoms with Gasteiger partial charge in [0.1, 0.15) is 28.7 Å². The Hall–Kier alpha value is -5.59. The summed E-state index contributed by atoms with van der Waals surface area (Å²) in [5.41, 5.74) is 1.17. The first-order valence-electron chi connectivity index (χ1n) is 17.0. The zero-order valence-electron chi connectivity index (χ0n) is 29.3.